The molecule has 0 amide bonds. The Kier molecular flexibility index (Phi) is 9.42. The van der Waals surface area contributed by atoms with E-state index >= 15 is 0 Å². The van der Waals surface area contributed by atoms with E-state index in [4.69, 9.17) is 15.2 Å². The molecule has 2 N–H and O–H groups in total. The van der Waals surface area contributed by atoms with Gasteiger partial charge in [-0.05, 0) is 37.6 Å². The van der Waals surface area contributed by atoms with E-state index in [0.717, 1.165) is 25.9 Å². The molecule has 0 aromatic rings. The first-order chi connectivity index (χ1) is 8.11. The summed E-state index contributed by atoms with van der Waals surface area (Å²) in [4.78, 5) is 11.6. The Balaban J connectivity index is 0.00000289. The molecular weight excluding hydrogens is 254 g/mol. The van der Waals surface area contributed by atoms with Gasteiger partial charge in [-0.15, -0.1) is 12.4 Å². The Labute approximate surface area is 116 Å². The Morgan fingerprint density at radius 3 is 2.72 bits per heavy atom. The number of esters is 1. The number of hydrogen-bond acceptors (Lipinski definition) is 4. The molecule has 0 bridgehead atoms. The third-order valence-corrected chi connectivity index (χ3v) is 3.05. The van der Waals surface area contributed by atoms with Gasteiger partial charge in [0.2, 0.25) is 0 Å². The first-order valence-electron chi connectivity index (χ1n) is 6.59. The van der Waals surface area contributed by atoms with Crippen molar-refractivity contribution in [3.05, 3.63) is 0 Å². The fourth-order valence-electron chi connectivity index (χ4n) is 2.19. The zero-order valence-electron chi connectivity index (χ0n) is 11.4. The molecule has 1 rings (SSSR count). The molecule has 1 aliphatic heterocycles. The van der Waals surface area contributed by atoms with Crippen LogP contribution in [0.2, 0.25) is 0 Å². The summed E-state index contributed by atoms with van der Waals surface area (Å²) in [6.07, 6.45) is 3.59. The lowest BCUT2D eigenvalue weighted by molar-refractivity contribution is -0.148. The summed E-state index contributed by atoms with van der Waals surface area (Å²) in [5, 5.41) is 0. The van der Waals surface area contributed by atoms with Crippen molar-refractivity contribution in [2.45, 2.75) is 45.6 Å². The van der Waals surface area contributed by atoms with Crippen molar-refractivity contribution in [1.82, 2.24) is 0 Å². The SMILES string of the molecule is CC(C)C[C@H](CN)CC(=O)OCC1CCCO1.Cl. The highest BCUT2D eigenvalue weighted by Crippen LogP contribution is 2.16. The molecule has 0 spiro atoms. The Morgan fingerprint density at radius 1 is 1.50 bits per heavy atom. The summed E-state index contributed by atoms with van der Waals surface area (Å²) >= 11 is 0. The van der Waals surface area contributed by atoms with E-state index < -0.39 is 0 Å². The van der Waals surface area contributed by atoms with Gasteiger partial charge in [0.25, 0.3) is 0 Å². The van der Waals surface area contributed by atoms with E-state index in [1.54, 1.807) is 0 Å². The Morgan fingerprint density at radius 2 is 2.22 bits per heavy atom. The predicted octanol–water partition coefficient (Wildman–Crippen LogP) is 2.14. The molecule has 108 valence electrons. The zero-order chi connectivity index (χ0) is 12.7. The topological polar surface area (TPSA) is 61.6 Å². The molecule has 0 radical (unpaired) electrons. The van der Waals surface area contributed by atoms with E-state index in [9.17, 15) is 4.79 Å². The average Bonchev–Trinajstić information content (AvgIpc) is 2.77. The van der Waals surface area contributed by atoms with Gasteiger partial charge in [0.1, 0.15) is 6.61 Å². The van der Waals surface area contributed by atoms with E-state index in [1.165, 1.54) is 0 Å². The van der Waals surface area contributed by atoms with Crippen LogP contribution < -0.4 is 5.73 Å². The minimum absolute atomic E-state index is 0. The summed E-state index contributed by atoms with van der Waals surface area (Å²) in [6, 6.07) is 0. The minimum atomic E-state index is -0.142. The first kappa shape index (κ1) is 17.7. The summed E-state index contributed by atoms with van der Waals surface area (Å²) in [6.45, 7) is 6.02. The van der Waals surface area contributed by atoms with Gasteiger partial charge in [-0.2, -0.15) is 0 Å². The van der Waals surface area contributed by atoms with E-state index in [0.29, 0.717) is 25.5 Å². The van der Waals surface area contributed by atoms with Gasteiger partial charge in [-0.25, -0.2) is 0 Å². The van der Waals surface area contributed by atoms with Gasteiger partial charge < -0.3 is 15.2 Å². The largest absolute Gasteiger partial charge is 0.463 e. The standard InChI is InChI=1S/C13H25NO3.ClH/c1-10(2)6-11(8-14)7-13(15)17-9-12-4-3-5-16-12;/h10-12H,3-9,14H2,1-2H3;1H/t11-,12?;/m0./s1. The Bertz CT molecular complexity index is 230. The van der Waals surface area contributed by atoms with Crippen molar-refractivity contribution in [2.24, 2.45) is 17.6 Å². The van der Waals surface area contributed by atoms with Gasteiger partial charge >= 0.3 is 5.97 Å². The number of rotatable bonds is 7. The quantitative estimate of drug-likeness (QED) is 0.726. The van der Waals surface area contributed by atoms with Crippen LogP contribution in [0.15, 0.2) is 0 Å². The molecule has 0 aromatic carbocycles. The van der Waals surface area contributed by atoms with Crippen molar-refractivity contribution < 1.29 is 14.3 Å². The highest BCUT2D eigenvalue weighted by molar-refractivity contribution is 5.85. The van der Waals surface area contributed by atoms with E-state index in [1.807, 2.05) is 0 Å². The van der Waals surface area contributed by atoms with Crippen molar-refractivity contribution in [1.29, 1.82) is 0 Å². The molecular formula is C13H26ClNO3. The zero-order valence-corrected chi connectivity index (χ0v) is 12.2. The van der Waals surface area contributed by atoms with Crippen LogP contribution in [0.4, 0.5) is 0 Å². The number of carbonyl (C=O) groups excluding carboxylic acids is 1. The number of halogens is 1. The number of carbonyl (C=O) groups is 1. The summed E-state index contributed by atoms with van der Waals surface area (Å²) in [7, 11) is 0. The van der Waals surface area contributed by atoms with Gasteiger partial charge in [0, 0.05) is 13.0 Å². The number of ether oxygens (including phenoxy) is 2. The van der Waals surface area contributed by atoms with Gasteiger partial charge in [0.15, 0.2) is 0 Å². The molecule has 1 fully saturated rings. The van der Waals surface area contributed by atoms with E-state index in [2.05, 4.69) is 13.8 Å². The minimum Gasteiger partial charge on any atom is -0.463 e. The lowest BCUT2D eigenvalue weighted by Gasteiger charge is -2.17. The summed E-state index contributed by atoms with van der Waals surface area (Å²) < 4.78 is 10.6. The monoisotopic (exact) mass is 279 g/mol. The van der Waals surface area contributed by atoms with Crippen LogP contribution in [-0.2, 0) is 14.3 Å². The second-order valence-electron chi connectivity index (χ2n) is 5.25. The summed E-state index contributed by atoms with van der Waals surface area (Å²) in [5.41, 5.74) is 5.66. The number of nitrogens with two attached hydrogens (primary N) is 1. The average molecular weight is 280 g/mol. The van der Waals surface area contributed by atoms with Crippen LogP contribution in [0, 0.1) is 11.8 Å². The molecule has 0 aliphatic carbocycles. The lowest BCUT2D eigenvalue weighted by atomic mass is 9.94. The molecule has 1 aliphatic rings. The van der Waals surface area contributed by atoms with Crippen molar-refractivity contribution in [2.75, 3.05) is 19.8 Å². The van der Waals surface area contributed by atoms with Gasteiger partial charge in [-0.3, -0.25) is 4.79 Å². The first-order valence-corrected chi connectivity index (χ1v) is 6.59. The maximum absolute atomic E-state index is 11.6. The maximum atomic E-state index is 11.6. The van der Waals surface area contributed by atoms with Crippen LogP contribution in [0.3, 0.4) is 0 Å². The molecule has 0 saturated carbocycles. The highest BCUT2D eigenvalue weighted by atomic mass is 35.5. The van der Waals surface area contributed by atoms with Crippen LogP contribution in [0.25, 0.3) is 0 Å². The second kappa shape index (κ2) is 9.59. The smallest absolute Gasteiger partial charge is 0.306 e. The lowest BCUT2D eigenvalue weighted by Crippen LogP contribution is -2.23. The third kappa shape index (κ3) is 7.19. The van der Waals surface area contributed by atoms with Crippen molar-refractivity contribution in [3.63, 3.8) is 0 Å². The second-order valence-corrected chi connectivity index (χ2v) is 5.25. The molecule has 1 unspecified atom stereocenters. The van der Waals surface area contributed by atoms with Gasteiger partial charge in [-0.1, -0.05) is 13.8 Å². The molecule has 0 aromatic heterocycles. The molecule has 1 saturated heterocycles. The van der Waals surface area contributed by atoms with Crippen molar-refractivity contribution >= 4 is 18.4 Å². The molecule has 5 heteroatoms. The van der Waals surface area contributed by atoms with E-state index in [-0.39, 0.29) is 30.4 Å². The van der Waals surface area contributed by atoms with Crippen LogP contribution >= 0.6 is 12.4 Å². The van der Waals surface area contributed by atoms with Crippen LogP contribution in [0.5, 0.6) is 0 Å². The number of hydrogen-bond donors (Lipinski definition) is 1. The molecule has 1 heterocycles. The highest BCUT2D eigenvalue weighted by Gasteiger charge is 2.19. The molecule has 4 nitrogen and oxygen atoms in total. The van der Waals surface area contributed by atoms with Crippen LogP contribution in [-0.4, -0.2) is 31.8 Å². The van der Waals surface area contributed by atoms with Gasteiger partial charge in [0.05, 0.1) is 6.10 Å². The normalized spacial score (nSPS) is 20.6. The fraction of sp³-hybridized carbons (Fsp3) is 0.923. The maximum Gasteiger partial charge on any atom is 0.306 e. The Hall–Kier alpha value is -0.320. The summed E-state index contributed by atoms with van der Waals surface area (Å²) in [5.74, 6) is 0.665. The van der Waals surface area contributed by atoms with Crippen molar-refractivity contribution in [3.8, 4) is 0 Å². The molecule has 2 atom stereocenters. The van der Waals surface area contributed by atoms with Crippen LogP contribution in [0.1, 0.15) is 39.5 Å². The molecule has 18 heavy (non-hydrogen) atoms. The third-order valence-electron chi connectivity index (χ3n) is 3.05. The fourth-order valence-corrected chi connectivity index (χ4v) is 2.19. The predicted molar refractivity (Wildman–Crippen MR) is 73.8 cm³/mol.